The molecule has 1 amide bonds. The summed E-state index contributed by atoms with van der Waals surface area (Å²) >= 11 is 1.54. The maximum atomic E-state index is 13.0. The van der Waals surface area contributed by atoms with Crippen LogP contribution in [0.2, 0.25) is 0 Å². The van der Waals surface area contributed by atoms with Crippen LogP contribution >= 0.6 is 11.3 Å². The number of nitrogens with zero attached hydrogens (tertiary/aromatic N) is 2. The molecule has 1 aromatic carbocycles. The number of rotatable bonds is 2. The van der Waals surface area contributed by atoms with Crippen molar-refractivity contribution in [1.29, 1.82) is 0 Å². The van der Waals surface area contributed by atoms with E-state index in [9.17, 15) is 13.2 Å². The number of carbonyl (C=O) groups is 1. The Morgan fingerprint density at radius 3 is 2.68 bits per heavy atom. The molecule has 1 aromatic heterocycles. The molecular weight excluding hydrogens is 396 g/mol. The highest BCUT2D eigenvalue weighted by atomic mass is 32.2. The van der Waals surface area contributed by atoms with Crippen LogP contribution in [-0.4, -0.2) is 67.9 Å². The van der Waals surface area contributed by atoms with Gasteiger partial charge in [-0.15, -0.1) is 11.3 Å². The number of hydrogen-bond acceptors (Lipinski definition) is 6. The first-order chi connectivity index (χ1) is 13.5. The Hall–Kier alpha value is -1.90. The Labute approximate surface area is 168 Å². The molecule has 5 rings (SSSR count). The van der Waals surface area contributed by atoms with Crippen LogP contribution in [0.5, 0.6) is 5.75 Å². The average Bonchev–Trinajstić information content (AvgIpc) is 3.31. The van der Waals surface area contributed by atoms with Gasteiger partial charge in [0.05, 0.1) is 16.4 Å². The number of amides is 1. The number of fused-ring (bicyclic) bond motifs is 3. The summed E-state index contributed by atoms with van der Waals surface area (Å²) in [6.07, 6.45) is 0.716. The van der Waals surface area contributed by atoms with Crippen LogP contribution in [-0.2, 0) is 16.4 Å². The highest BCUT2D eigenvalue weighted by Gasteiger charge is 2.35. The quantitative estimate of drug-likeness (QED) is 0.748. The van der Waals surface area contributed by atoms with Gasteiger partial charge in [-0.05, 0) is 24.6 Å². The predicted octanol–water partition coefficient (Wildman–Crippen LogP) is 2.25. The number of para-hydroxylation sites is 1. The molecule has 0 spiro atoms. The number of piperazine rings is 1. The predicted molar refractivity (Wildman–Crippen MR) is 109 cm³/mol. The summed E-state index contributed by atoms with van der Waals surface area (Å²) < 4.78 is 29.3. The van der Waals surface area contributed by atoms with Crippen molar-refractivity contribution in [2.24, 2.45) is 0 Å². The maximum Gasteiger partial charge on any atom is 0.264 e. The number of sulfone groups is 1. The van der Waals surface area contributed by atoms with Crippen LogP contribution in [0, 0.1) is 0 Å². The van der Waals surface area contributed by atoms with Gasteiger partial charge in [-0.1, -0.05) is 12.1 Å². The molecule has 0 bridgehead atoms. The lowest BCUT2D eigenvalue weighted by atomic mass is 10.1. The molecule has 28 heavy (non-hydrogen) atoms. The molecule has 6 nitrogen and oxygen atoms in total. The molecule has 1 atom stereocenters. The van der Waals surface area contributed by atoms with Crippen LogP contribution in [0.3, 0.4) is 0 Å². The topological polar surface area (TPSA) is 66.9 Å². The fourth-order valence-corrected chi connectivity index (χ4v) is 7.24. The largest absolute Gasteiger partial charge is 0.488 e. The Kier molecular flexibility index (Phi) is 4.45. The number of thiophene rings is 1. The first-order valence-corrected chi connectivity index (χ1v) is 12.2. The summed E-state index contributed by atoms with van der Waals surface area (Å²) in [6.45, 7) is 3.27. The van der Waals surface area contributed by atoms with Crippen molar-refractivity contribution in [2.75, 3.05) is 37.7 Å². The van der Waals surface area contributed by atoms with Gasteiger partial charge >= 0.3 is 0 Å². The maximum absolute atomic E-state index is 13.0. The third kappa shape index (κ3) is 3.23. The fraction of sp³-hybridized carbons (Fsp3) is 0.450. The third-order valence-corrected chi connectivity index (χ3v) is 8.81. The molecular formula is C20H22N2O4S2. The minimum Gasteiger partial charge on any atom is -0.488 e. The summed E-state index contributed by atoms with van der Waals surface area (Å²) in [4.78, 5) is 19.0. The second-order valence-corrected chi connectivity index (χ2v) is 10.9. The number of ether oxygens (including phenoxy) is 1. The smallest absolute Gasteiger partial charge is 0.264 e. The fourth-order valence-electron chi connectivity index (χ4n) is 4.31. The Bertz CT molecular complexity index is 1020. The molecule has 0 saturated carbocycles. The molecule has 8 heteroatoms. The molecule has 3 aliphatic heterocycles. The zero-order valence-corrected chi connectivity index (χ0v) is 17.1. The second kappa shape index (κ2) is 6.86. The lowest BCUT2D eigenvalue weighted by Gasteiger charge is -2.37. The zero-order chi connectivity index (χ0) is 19.3. The highest BCUT2D eigenvalue weighted by Crippen LogP contribution is 2.42. The molecule has 2 aromatic rings. The minimum absolute atomic E-state index is 0.0653. The lowest BCUT2D eigenvalue weighted by molar-refractivity contribution is 0.0592. The Morgan fingerprint density at radius 2 is 1.93 bits per heavy atom. The molecule has 148 valence electrons. The lowest BCUT2D eigenvalue weighted by Crippen LogP contribution is -2.52. The summed E-state index contributed by atoms with van der Waals surface area (Å²) in [5.41, 5.74) is 2.13. The molecule has 2 fully saturated rings. The van der Waals surface area contributed by atoms with E-state index in [0.717, 1.165) is 39.7 Å². The standard InChI is InChI=1S/C20H22N2O4S2/c23-20(22-8-6-21(7-9-22)15-5-10-28(24,25)13-15)18-11-14-12-26-17-4-2-1-3-16(17)19(14)27-18/h1-4,11,15H,5-10,12-13H2. The average molecular weight is 419 g/mol. The van der Waals surface area contributed by atoms with E-state index in [1.165, 1.54) is 0 Å². The molecule has 0 N–H and O–H groups in total. The van der Waals surface area contributed by atoms with Crippen LogP contribution in [0.25, 0.3) is 10.4 Å². The molecule has 0 radical (unpaired) electrons. The van der Waals surface area contributed by atoms with E-state index < -0.39 is 9.84 Å². The zero-order valence-electron chi connectivity index (χ0n) is 15.5. The summed E-state index contributed by atoms with van der Waals surface area (Å²) in [5.74, 6) is 1.49. The van der Waals surface area contributed by atoms with Crippen molar-refractivity contribution >= 4 is 27.1 Å². The van der Waals surface area contributed by atoms with E-state index in [-0.39, 0.29) is 17.7 Å². The Balaban J connectivity index is 1.28. The molecule has 2 saturated heterocycles. The van der Waals surface area contributed by atoms with E-state index in [0.29, 0.717) is 31.9 Å². The summed E-state index contributed by atoms with van der Waals surface area (Å²) in [5, 5.41) is 0. The van der Waals surface area contributed by atoms with Gasteiger partial charge in [0, 0.05) is 48.2 Å². The van der Waals surface area contributed by atoms with Gasteiger partial charge in [-0.3, -0.25) is 9.69 Å². The van der Waals surface area contributed by atoms with E-state index >= 15 is 0 Å². The van der Waals surface area contributed by atoms with Crippen LogP contribution in [0.1, 0.15) is 21.7 Å². The van der Waals surface area contributed by atoms with Crippen molar-refractivity contribution in [2.45, 2.75) is 19.1 Å². The molecule has 3 aliphatic rings. The first-order valence-electron chi connectivity index (χ1n) is 9.59. The number of benzene rings is 1. The van der Waals surface area contributed by atoms with Gasteiger partial charge in [0.2, 0.25) is 0 Å². The number of hydrogen-bond donors (Lipinski definition) is 0. The normalized spacial score (nSPS) is 23.7. The van der Waals surface area contributed by atoms with Crippen molar-refractivity contribution in [3.05, 3.63) is 40.8 Å². The molecule has 4 heterocycles. The van der Waals surface area contributed by atoms with E-state index in [4.69, 9.17) is 4.74 Å². The van der Waals surface area contributed by atoms with Gasteiger partial charge in [-0.25, -0.2) is 8.42 Å². The highest BCUT2D eigenvalue weighted by molar-refractivity contribution is 7.91. The van der Waals surface area contributed by atoms with Crippen molar-refractivity contribution in [3.8, 4) is 16.2 Å². The second-order valence-electron chi connectivity index (χ2n) is 7.63. The van der Waals surface area contributed by atoms with Crippen molar-refractivity contribution in [1.82, 2.24) is 9.80 Å². The number of carbonyl (C=O) groups excluding carboxylic acids is 1. The molecule has 0 aliphatic carbocycles. The van der Waals surface area contributed by atoms with Gasteiger partial charge in [-0.2, -0.15) is 0 Å². The Morgan fingerprint density at radius 1 is 1.14 bits per heavy atom. The minimum atomic E-state index is -2.88. The van der Waals surface area contributed by atoms with Gasteiger partial charge in [0.25, 0.3) is 5.91 Å². The van der Waals surface area contributed by atoms with E-state index in [2.05, 4.69) is 4.90 Å². The van der Waals surface area contributed by atoms with Crippen LogP contribution in [0.15, 0.2) is 30.3 Å². The van der Waals surface area contributed by atoms with Crippen molar-refractivity contribution in [3.63, 3.8) is 0 Å². The van der Waals surface area contributed by atoms with E-state index in [1.807, 2.05) is 35.2 Å². The van der Waals surface area contributed by atoms with E-state index in [1.54, 1.807) is 11.3 Å². The molecule has 1 unspecified atom stereocenters. The van der Waals surface area contributed by atoms with Gasteiger partial charge < -0.3 is 9.64 Å². The summed E-state index contributed by atoms with van der Waals surface area (Å²) in [7, 11) is -2.88. The van der Waals surface area contributed by atoms with Gasteiger partial charge in [0.1, 0.15) is 12.4 Å². The third-order valence-electron chi connectivity index (χ3n) is 5.86. The summed E-state index contributed by atoms with van der Waals surface area (Å²) in [6, 6.07) is 10.0. The monoisotopic (exact) mass is 418 g/mol. The van der Waals surface area contributed by atoms with Gasteiger partial charge in [0.15, 0.2) is 9.84 Å². The first kappa shape index (κ1) is 18.1. The SMILES string of the molecule is O=C(c1cc2c(s1)-c1ccccc1OC2)N1CCN(C2CCS(=O)(=O)C2)CC1. The van der Waals surface area contributed by atoms with Crippen molar-refractivity contribution < 1.29 is 17.9 Å². The van der Waals surface area contributed by atoms with Crippen LogP contribution < -0.4 is 4.74 Å². The van der Waals surface area contributed by atoms with Crippen LogP contribution in [0.4, 0.5) is 0 Å².